The minimum absolute atomic E-state index is 0.125. The van der Waals surface area contributed by atoms with Crippen molar-refractivity contribution in [3.8, 4) is 0 Å². The zero-order chi connectivity index (χ0) is 19.1. The molecule has 6 heteroatoms. The van der Waals surface area contributed by atoms with E-state index >= 15 is 0 Å². The monoisotopic (exact) mass is 373 g/mol. The molecule has 1 amide bonds. The van der Waals surface area contributed by atoms with Crippen molar-refractivity contribution in [1.82, 2.24) is 5.32 Å². The summed E-state index contributed by atoms with van der Waals surface area (Å²) in [6.45, 7) is 5.33. The van der Waals surface area contributed by atoms with E-state index in [1.165, 1.54) is 18.3 Å². The molecule has 0 spiro atoms. The molecule has 2 atom stereocenters. The van der Waals surface area contributed by atoms with Crippen LogP contribution < -0.4 is 5.32 Å². The predicted octanol–water partition coefficient (Wildman–Crippen LogP) is 3.69. The smallest absolute Gasteiger partial charge is 0.314 e. The van der Waals surface area contributed by atoms with E-state index < -0.39 is 12.1 Å². The van der Waals surface area contributed by atoms with E-state index in [0.717, 1.165) is 10.4 Å². The summed E-state index contributed by atoms with van der Waals surface area (Å²) in [6, 6.07) is 12.9. The zero-order valence-electron chi connectivity index (χ0n) is 15.2. The lowest BCUT2D eigenvalue weighted by atomic mass is 9.97. The van der Waals surface area contributed by atoms with Gasteiger partial charge < -0.3 is 10.1 Å². The van der Waals surface area contributed by atoms with Crippen molar-refractivity contribution in [3.63, 3.8) is 0 Å². The molecule has 1 aromatic carbocycles. The summed E-state index contributed by atoms with van der Waals surface area (Å²) in [5.41, 5.74) is 0.883. The van der Waals surface area contributed by atoms with E-state index in [1.807, 2.05) is 37.3 Å². The van der Waals surface area contributed by atoms with Crippen molar-refractivity contribution in [2.45, 2.75) is 45.8 Å². The second-order valence-corrected chi connectivity index (χ2v) is 7.16. The Morgan fingerprint density at radius 3 is 2.42 bits per heavy atom. The third-order valence-corrected chi connectivity index (χ3v) is 5.07. The summed E-state index contributed by atoms with van der Waals surface area (Å²) < 4.78 is 5.43. The number of Topliss-reactive ketones (excluding diaryl/α,β-unsaturated/α-hetero) is 1. The van der Waals surface area contributed by atoms with E-state index in [0.29, 0.717) is 17.8 Å². The van der Waals surface area contributed by atoms with Gasteiger partial charge in [-0.3, -0.25) is 14.4 Å². The SMILES string of the molecule is CCC(C(=O)OC(C)C(=O)c1ccc(CNC(C)=O)s1)c1ccccc1. The Kier molecular flexibility index (Phi) is 7.09. The van der Waals surface area contributed by atoms with Gasteiger partial charge in [0.25, 0.3) is 0 Å². The number of thiophene rings is 1. The standard InChI is InChI=1S/C20H23NO4S/c1-4-17(15-8-6-5-7-9-15)20(24)25-13(2)19(23)18-11-10-16(26-18)12-21-14(3)22/h5-11,13,17H,4,12H2,1-3H3,(H,21,22). The number of hydrogen-bond donors (Lipinski definition) is 1. The highest BCUT2D eigenvalue weighted by Gasteiger charge is 2.26. The fourth-order valence-corrected chi connectivity index (χ4v) is 3.52. The van der Waals surface area contributed by atoms with E-state index in [1.54, 1.807) is 19.1 Å². The summed E-state index contributed by atoms with van der Waals surface area (Å²) >= 11 is 1.29. The van der Waals surface area contributed by atoms with Crippen molar-refractivity contribution in [2.75, 3.05) is 0 Å². The number of hydrogen-bond acceptors (Lipinski definition) is 5. The van der Waals surface area contributed by atoms with Gasteiger partial charge in [-0.1, -0.05) is 37.3 Å². The number of carbonyl (C=O) groups excluding carboxylic acids is 3. The van der Waals surface area contributed by atoms with Crippen LogP contribution in [0.25, 0.3) is 0 Å². The first-order valence-corrected chi connectivity index (χ1v) is 9.36. The highest BCUT2D eigenvalue weighted by atomic mass is 32.1. The fraction of sp³-hybridized carbons (Fsp3) is 0.350. The average molecular weight is 373 g/mol. The van der Waals surface area contributed by atoms with Crippen LogP contribution in [0.2, 0.25) is 0 Å². The molecule has 2 rings (SSSR count). The number of carbonyl (C=O) groups is 3. The van der Waals surface area contributed by atoms with Crippen LogP contribution in [-0.2, 0) is 20.9 Å². The van der Waals surface area contributed by atoms with Crippen molar-refractivity contribution < 1.29 is 19.1 Å². The summed E-state index contributed by atoms with van der Waals surface area (Å²) in [5.74, 6) is -1.14. The first-order chi connectivity index (χ1) is 12.4. The van der Waals surface area contributed by atoms with Gasteiger partial charge in [0.15, 0.2) is 6.10 Å². The largest absolute Gasteiger partial charge is 0.454 e. The van der Waals surface area contributed by atoms with Crippen molar-refractivity contribution >= 4 is 29.0 Å². The van der Waals surface area contributed by atoms with Gasteiger partial charge >= 0.3 is 5.97 Å². The van der Waals surface area contributed by atoms with Crippen LogP contribution in [0, 0.1) is 0 Å². The maximum Gasteiger partial charge on any atom is 0.314 e. The van der Waals surface area contributed by atoms with Crippen LogP contribution in [0.15, 0.2) is 42.5 Å². The molecule has 1 aromatic heterocycles. The fourth-order valence-electron chi connectivity index (χ4n) is 2.55. The molecule has 0 aliphatic carbocycles. The minimum Gasteiger partial charge on any atom is -0.454 e. The molecule has 0 saturated heterocycles. The molecular formula is C20H23NO4S. The Morgan fingerprint density at radius 1 is 1.12 bits per heavy atom. The van der Waals surface area contributed by atoms with Crippen LogP contribution >= 0.6 is 11.3 Å². The van der Waals surface area contributed by atoms with Crippen LogP contribution in [0.1, 0.15) is 53.2 Å². The average Bonchev–Trinajstić information content (AvgIpc) is 3.09. The van der Waals surface area contributed by atoms with E-state index in [4.69, 9.17) is 4.74 Å². The Morgan fingerprint density at radius 2 is 1.81 bits per heavy atom. The Balaban J connectivity index is 1.99. The maximum atomic E-state index is 12.5. The van der Waals surface area contributed by atoms with Crippen molar-refractivity contribution in [2.24, 2.45) is 0 Å². The third kappa shape index (κ3) is 5.26. The molecule has 5 nitrogen and oxygen atoms in total. The van der Waals surface area contributed by atoms with Crippen LogP contribution in [0.4, 0.5) is 0 Å². The molecule has 26 heavy (non-hydrogen) atoms. The van der Waals surface area contributed by atoms with Gasteiger partial charge in [-0.05, 0) is 31.0 Å². The van der Waals surface area contributed by atoms with E-state index in [9.17, 15) is 14.4 Å². The molecule has 0 radical (unpaired) electrons. The molecular weight excluding hydrogens is 350 g/mol. The van der Waals surface area contributed by atoms with Gasteiger partial charge in [-0.15, -0.1) is 11.3 Å². The van der Waals surface area contributed by atoms with Gasteiger partial charge in [-0.2, -0.15) is 0 Å². The first kappa shape index (κ1) is 19.8. The van der Waals surface area contributed by atoms with Crippen LogP contribution in [-0.4, -0.2) is 23.8 Å². The molecule has 138 valence electrons. The number of benzene rings is 1. The molecule has 2 aromatic rings. The summed E-state index contributed by atoms with van der Waals surface area (Å²) in [6.07, 6.45) is -0.253. The molecule has 1 N–H and O–H groups in total. The van der Waals surface area contributed by atoms with Crippen molar-refractivity contribution in [3.05, 3.63) is 57.8 Å². The highest BCUT2D eigenvalue weighted by Crippen LogP contribution is 2.23. The maximum absolute atomic E-state index is 12.5. The quantitative estimate of drug-likeness (QED) is 0.566. The Hall–Kier alpha value is -2.47. The molecule has 2 unspecified atom stereocenters. The second-order valence-electron chi connectivity index (χ2n) is 5.99. The summed E-state index contributed by atoms with van der Waals surface area (Å²) in [7, 11) is 0. The number of rotatable bonds is 8. The lowest BCUT2D eigenvalue weighted by molar-refractivity contribution is -0.148. The van der Waals surface area contributed by atoms with E-state index in [-0.39, 0.29) is 17.6 Å². The molecule has 0 aliphatic heterocycles. The molecule has 0 fully saturated rings. The Labute approximate surface area is 157 Å². The third-order valence-electron chi connectivity index (χ3n) is 3.97. The number of ketones is 1. The molecule has 0 saturated carbocycles. The van der Waals surface area contributed by atoms with Gasteiger partial charge in [0.05, 0.1) is 17.3 Å². The number of amides is 1. The van der Waals surface area contributed by atoms with Gasteiger partial charge in [-0.25, -0.2) is 0 Å². The zero-order valence-corrected chi connectivity index (χ0v) is 16.0. The molecule has 0 bridgehead atoms. The van der Waals surface area contributed by atoms with Gasteiger partial charge in [0.2, 0.25) is 11.7 Å². The van der Waals surface area contributed by atoms with Crippen LogP contribution in [0.5, 0.6) is 0 Å². The van der Waals surface area contributed by atoms with Crippen LogP contribution in [0.3, 0.4) is 0 Å². The van der Waals surface area contributed by atoms with Gasteiger partial charge in [0.1, 0.15) is 0 Å². The van der Waals surface area contributed by atoms with E-state index in [2.05, 4.69) is 5.32 Å². The Bertz CT molecular complexity index is 769. The molecule has 0 aliphatic rings. The topological polar surface area (TPSA) is 72.5 Å². The summed E-state index contributed by atoms with van der Waals surface area (Å²) in [5, 5.41) is 2.69. The predicted molar refractivity (Wildman–Crippen MR) is 101 cm³/mol. The number of ether oxygens (including phenoxy) is 1. The highest BCUT2D eigenvalue weighted by molar-refractivity contribution is 7.14. The summed E-state index contributed by atoms with van der Waals surface area (Å²) in [4.78, 5) is 37.4. The first-order valence-electron chi connectivity index (χ1n) is 8.55. The minimum atomic E-state index is -0.854. The second kappa shape index (κ2) is 9.29. The molecule has 1 heterocycles. The lowest BCUT2D eigenvalue weighted by Gasteiger charge is -2.17. The number of esters is 1. The van der Waals surface area contributed by atoms with Gasteiger partial charge in [0, 0.05) is 11.8 Å². The number of nitrogens with one attached hydrogen (secondary N) is 1. The normalized spacial score (nSPS) is 12.9. The van der Waals surface area contributed by atoms with Crippen molar-refractivity contribution in [1.29, 1.82) is 0 Å². The lowest BCUT2D eigenvalue weighted by Crippen LogP contribution is -2.27.